The van der Waals surface area contributed by atoms with E-state index in [0.717, 1.165) is 64.1 Å². The third-order valence-corrected chi connectivity index (χ3v) is 7.94. The highest BCUT2D eigenvalue weighted by molar-refractivity contribution is 8.00. The molecule has 0 saturated heterocycles. The van der Waals surface area contributed by atoms with Crippen LogP contribution in [-0.2, 0) is 16.1 Å². The topological polar surface area (TPSA) is 71.5 Å². The molecule has 1 aliphatic heterocycles. The third-order valence-electron chi connectivity index (χ3n) is 6.95. The van der Waals surface area contributed by atoms with E-state index in [1.165, 1.54) is 18.2 Å². The van der Waals surface area contributed by atoms with Crippen molar-refractivity contribution in [3.05, 3.63) is 65.2 Å². The van der Waals surface area contributed by atoms with Gasteiger partial charge in [0.2, 0.25) is 11.8 Å². The van der Waals surface area contributed by atoms with Gasteiger partial charge in [-0.05, 0) is 49.6 Å². The Labute approximate surface area is 210 Å². The molecule has 2 amide bonds. The Kier molecular flexibility index (Phi) is 6.95. The smallest absolute Gasteiger partial charge is 0.247 e. The number of pyridine rings is 1. The molecule has 6 nitrogen and oxygen atoms in total. The number of methoxy groups -OCH3 is 1. The molecule has 3 aromatic rings. The summed E-state index contributed by atoms with van der Waals surface area (Å²) in [7, 11) is 1.64. The first kappa shape index (κ1) is 23.7. The molecule has 1 aliphatic carbocycles. The summed E-state index contributed by atoms with van der Waals surface area (Å²) >= 11 is 1.41. The number of hydrogen-bond donors (Lipinski definition) is 1. The highest BCUT2D eigenvalue weighted by Crippen LogP contribution is 2.38. The van der Waals surface area contributed by atoms with Gasteiger partial charge >= 0.3 is 0 Å². The molecular weight excluding hydrogens is 458 g/mol. The molecule has 0 radical (unpaired) electrons. The van der Waals surface area contributed by atoms with Crippen LogP contribution < -0.4 is 10.1 Å². The zero-order chi connectivity index (χ0) is 24.4. The van der Waals surface area contributed by atoms with Gasteiger partial charge in [-0.2, -0.15) is 0 Å². The van der Waals surface area contributed by atoms with Crippen LogP contribution in [0.2, 0.25) is 0 Å². The van der Waals surface area contributed by atoms with Gasteiger partial charge in [-0.25, -0.2) is 4.98 Å². The summed E-state index contributed by atoms with van der Waals surface area (Å²) in [5.74, 6) is 0.807. The predicted molar refractivity (Wildman–Crippen MR) is 139 cm³/mol. The number of hydrogen-bond acceptors (Lipinski definition) is 5. The van der Waals surface area contributed by atoms with Gasteiger partial charge < -0.3 is 15.0 Å². The largest absolute Gasteiger partial charge is 0.497 e. The van der Waals surface area contributed by atoms with E-state index in [-0.39, 0.29) is 23.6 Å². The number of ether oxygens (including phenoxy) is 1. The lowest BCUT2D eigenvalue weighted by Gasteiger charge is -2.32. The minimum Gasteiger partial charge on any atom is -0.497 e. The number of rotatable bonds is 5. The van der Waals surface area contributed by atoms with Crippen molar-refractivity contribution in [2.24, 2.45) is 0 Å². The van der Waals surface area contributed by atoms with Gasteiger partial charge in [0.1, 0.15) is 16.8 Å². The number of thioether (sulfide) groups is 1. The van der Waals surface area contributed by atoms with E-state index in [2.05, 4.69) is 5.32 Å². The third kappa shape index (κ3) is 5.15. The van der Waals surface area contributed by atoms with Gasteiger partial charge in [-0.1, -0.05) is 60.9 Å². The van der Waals surface area contributed by atoms with Crippen molar-refractivity contribution in [2.75, 3.05) is 12.9 Å². The van der Waals surface area contributed by atoms with E-state index in [0.29, 0.717) is 6.54 Å². The fraction of sp³-hybridized carbons (Fsp3) is 0.393. The molecule has 1 N–H and O–H groups in total. The zero-order valence-electron chi connectivity index (χ0n) is 20.3. The van der Waals surface area contributed by atoms with Crippen LogP contribution in [0.25, 0.3) is 10.9 Å². The molecule has 0 spiro atoms. The lowest BCUT2D eigenvalue weighted by molar-refractivity contribution is -0.140. The molecule has 1 aromatic heterocycles. The van der Waals surface area contributed by atoms with Crippen molar-refractivity contribution < 1.29 is 14.3 Å². The first-order valence-corrected chi connectivity index (χ1v) is 13.3. The highest BCUT2D eigenvalue weighted by atomic mass is 32.2. The average molecular weight is 490 g/mol. The lowest BCUT2D eigenvalue weighted by Crippen LogP contribution is -2.46. The van der Waals surface area contributed by atoms with Gasteiger partial charge in [0.05, 0.1) is 18.4 Å². The van der Waals surface area contributed by atoms with Crippen molar-refractivity contribution in [2.45, 2.75) is 62.7 Å². The number of aryl methyl sites for hydroxylation is 1. The van der Waals surface area contributed by atoms with Gasteiger partial charge in [0.25, 0.3) is 0 Å². The molecule has 1 atom stereocenters. The van der Waals surface area contributed by atoms with Gasteiger partial charge in [0.15, 0.2) is 0 Å². The van der Waals surface area contributed by atoms with Crippen LogP contribution in [0, 0.1) is 6.92 Å². The van der Waals surface area contributed by atoms with Gasteiger partial charge in [-0.15, -0.1) is 0 Å². The van der Waals surface area contributed by atoms with Crippen molar-refractivity contribution >= 4 is 34.5 Å². The molecule has 2 aliphatic rings. The van der Waals surface area contributed by atoms with E-state index in [9.17, 15) is 9.59 Å². The highest BCUT2D eigenvalue weighted by Gasteiger charge is 2.37. The average Bonchev–Trinajstić information content (AvgIpc) is 3.00. The van der Waals surface area contributed by atoms with Crippen LogP contribution >= 0.6 is 11.8 Å². The molecular formula is C28H31N3O3S. The van der Waals surface area contributed by atoms with E-state index in [4.69, 9.17) is 9.72 Å². The Bertz CT molecular complexity index is 1240. The lowest BCUT2D eigenvalue weighted by atomic mass is 9.94. The summed E-state index contributed by atoms with van der Waals surface area (Å²) in [6.45, 7) is 2.41. The minimum absolute atomic E-state index is 0.0565. The zero-order valence-corrected chi connectivity index (χ0v) is 21.1. The SMILES string of the molecule is COc1ccc2nc3c(cc2c1)C(C(=O)NC1CCCCC1)N(Cc1ccc(C)cc1)C(=O)CS3. The number of aromatic nitrogens is 1. The summed E-state index contributed by atoms with van der Waals surface area (Å²) in [6, 6.07) is 15.3. The number of benzene rings is 2. The summed E-state index contributed by atoms with van der Waals surface area (Å²) in [6.07, 6.45) is 5.43. The van der Waals surface area contributed by atoms with Gasteiger partial charge in [-0.3, -0.25) is 9.59 Å². The maximum atomic E-state index is 13.9. The predicted octanol–water partition coefficient (Wildman–Crippen LogP) is 5.18. The molecule has 7 heteroatoms. The second-order valence-corrected chi connectivity index (χ2v) is 10.4. The molecule has 0 bridgehead atoms. The van der Waals surface area contributed by atoms with E-state index in [1.54, 1.807) is 12.0 Å². The standard InChI is InChI=1S/C28H31N3O3S/c1-18-8-10-19(11-9-18)16-31-25(32)17-35-28-23(15-20-14-22(34-2)12-13-24(20)30-28)26(31)27(33)29-21-6-4-3-5-7-21/h8-15,21,26H,3-7,16-17H2,1-2H3,(H,29,33). The second-order valence-electron chi connectivity index (χ2n) is 9.48. The quantitative estimate of drug-likeness (QED) is 0.535. The number of amides is 2. The molecule has 5 rings (SSSR count). The number of nitrogens with one attached hydrogen (secondary N) is 1. The van der Waals surface area contributed by atoms with Gasteiger partial charge in [0, 0.05) is 23.5 Å². The van der Waals surface area contributed by atoms with Crippen LogP contribution in [0.5, 0.6) is 5.75 Å². The minimum atomic E-state index is -0.737. The van der Waals surface area contributed by atoms with Crippen LogP contribution in [0.3, 0.4) is 0 Å². The summed E-state index contributed by atoms with van der Waals surface area (Å²) in [5, 5.41) is 4.91. The Morgan fingerprint density at radius 3 is 2.63 bits per heavy atom. The maximum absolute atomic E-state index is 13.9. The maximum Gasteiger partial charge on any atom is 0.247 e. The molecule has 2 aromatic carbocycles. The Morgan fingerprint density at radius 2 is 1.89 bits per heavy atom. The fourth-order valence-corrected chi connectivity index (χ4v) is 5.92. The van der Waals surface area contributed by atoms with Crippen molar-refractivity contribution in [3.63, 3.8) is 0 Å². The molecule has 182 valence electrons. The molecule has 1 fully saturated rings. The number of carbonyl (C=O) groups excluding carboxylic acids is 2. The van der Waals surface area contributed by atoms with Crippen molar-refractivity contribution in [1.29, 1.82) is 0 Å². The van der Waals surface area contributed by atoms with E-state index < -0.39 is 6.04 Å². The fourth-order valence-electron chi connectivity index (χ4n) is 5.00. The second kappa shape index (κ2) is 10.3. The first-order chi connectivity index (χ1) is 17.0. The first-order valence-electron chi connectivity index (χ1n) is 12.3. The number of nitrogens with zero attached hydrogens (tertiary/aromatic N) is 2. The Morgan fingerprint density at radius 1 is 1.11 bits per heavy atom. The van der Waals surface area contributed by atoms with Crippen molar-refractivity contribution in [3.8, 4) is 5.75 Å². The molecule has 35 heavy (non-hydrogen) atoms. The van der Waals surface area contributed by atoms with Crippen molar-refractivity contribution in [1.82, 2.24) is 15.2 Å². The summed E-state index contributed by atoms with van der Waals surface area (Å²) in [4.78, 5) is 33.9. The number of fused-ring (bicyclic) bond motifs is 2. The van der Waals surface area contributed by atoms with Crippen LogP contribution in [-0.4, -0.2) is 40.6 Å². The van der Waals surface area contributed by atoms with Crippen LogP contribution in [0.1, 0.15) is 54.8 Å². The normalized spacial score (nSPS) is 18.7. The summed E-state index contributed by atoms with van der Waals surface area (Å²) < 4.78 is 5.42. The monoisotopic (exact) mass is 489 g/mol. The Balaban J connectivity index is 1.58. The van der Waals surface area contributed by atoms with E-state index >= 15 is 0 Å². The number of carbonyl (C=O) groups is 2. The molecule has 1 saturated carbocycles. The van der Waals surface area contributed by atoms with Crippen LogP contribution in [0.4, 0.5) is 0 Å². The molecule has 1 unspecified atom stereocenters. The van der Waals surface area contributed by atoms with E-state index in [1.807, 2.05) is 55.5 Å². The van der Waals surface area contributed by atoms with Crippen LogP contribution in [0.15, 0.2) is 53.6 Å². The molecule has 2 heterocycles. The summed E-state index contributed by atoms with van der Waals surface area (Å²) in [5.41, 5.74) is 3.77. The Hall–Kier alpha value is -3.06.